The highest BCUT2D eigenvalue weighted by molar-refractivity contribution is 6.74. The second-order valence-electron chi connectivity index (χ2n) is 11.8. The van der Waals surface area contributed by atoms with Crippen molar-refractivity contribution in [2.75, 3.05) is 7.11 Å². The van der Waals surface area contributed by atoms with Crippen LogP contribution in [0.25, 0.3) is 0 Å². The molecular weight excluding hydrogens is 464 g/mol. The maximum absolute atomic E-state index is 12.6. The van der Waals surface area contributed by atoms with Gasteiger partial charge in [-0.05, 0) is 18.1 Å². The largest absolute Gasteiger partial charge is 0.496 e. The number of benzene rings is 1. The summed E-state index contributed by atoms with van der Waals surface area (Å²) in [6.07, 6.45) is 0.892. The Hall–Kier alpha value is -1.97. The second-order valence-corrected chi connectivity index (χ2v) is 16.6. The Morgan fingerprint density at radius 3 is 2.54 bits per heavy atom. The van der Waals surface area contributed by atoms with E-state index in [0.29, 0.717) is 24.4 Å². The summed E-state index contributed by atoms with van der Waals surface area (Å²) >= 11 is 0. The zero-order valence-corrected chi connectivity index (χ0v) is 22.4. The van der Waals surface area contributed by atoms with Crippen LogP contribution in [0.4, 0.5) is 0 Å². The lowest BCUT2D eigenvalue weighted by molar-refractivity contribution is -0.348. The first-order valence-electron chi connectivity index (χ1n) is 12.3. The van der Waals surface area contributed by atoms with Crippen molar-refractivity contribution in [3.63, 3.8) is 0 Å². The summed E-state index contributed by atoms with van der Waals surface area (Å²) < 4.78 is 31.1. The van der Waals surface area contributed by atoms with E-state index in [4.69, 9.17) is 23.1 Å². The summed E-state index contributed by atoms with van der Waals surface area (Å²) in [6.45, 7) is 11.0. The van der Waals surface area contributed by atoms with Gasteiger partial charge in [-0.2, -0.15) is 0 Å². The molecule has 2 aromatic rings. The maximum Gasteiger partial charge on any atom is 0.339 e. The molecule has 2 aliphatic heterocycles. The average Bonchev–Trinajstić information content (AvgIpc) is 2.89. The molecule has 3 aliphatic rings. The van der Waals surface area contributed by atoms with E-state index in [1.165, 1.54) is 13.2 Å². The molecule has 3 bridgehead atoms. The van der Waals surface area contributed by atoms with Crippen molar-refractivity contribution in [2.24, 2.45) is 0 Å². The Morgan fingerprint density at radius 2 is 1.89 bits per heavy atom. The van der Waals surface area contributed by atoms with Crippen LogP contribution in [0.1, 0.15) is 51.4 Å². The first-order chi connectivity index (χ1) is 16.3. The SMILES string of the molecule is COc1cc(C[C@@]23CC4C[C@H](O[Si](C)(C)C(C)(C)C)[C@@]2(O)C[C@@](c2ccccc2)(O4)O3)oc(=O)c1. The van der Waals surface area contributed by atoms with Crippen LogP contribution in [0.5, 0.6) is 5.75 Å². The van der Waals surface area contributed by atoms with Gasteiger partial charge >= 0.3 is 5.63 Å². The van der Waals surface area contributed by atoms with Gasteiger partial charge in [0.15, 0.2) is 14.1 Å². The summed E-state index contributed by atoms with van der Waals surface area (Å²) in [5, 5.41) is 12.5. The number of aliphatic hydroxyl groups is 1. The van der Waals surface area contributed by atoms with E-state index in [2.05, 4.69) is 33.9 Å². The van der Waals surface area contributed by atoms with Gasteiger partial charge in [0.1, 0.15) is 22.7 Å². The topological polar surface area (TPSA) is 87.4 Å². The highest BCUT2D eigenvalue weighted by Crippen LogP contribution is 2.64. The van der Waals surface area contributed by atoms with Gasteiger partial charge < -0.3 is 28.2 Å². The molecule has 1 aromatic carbocycles. The first-order valence-corrected chi connectivity index (χ1v) is 15.2. The van der Waals surface area contributed by atoms with Crippen molar-refractivity contribution >= 4 is 8.32 Å². The quantitative estimate of drug-likeness (QED) is 0.584. The van der Waals surface area contributed by atoms with Crippen molar-refractivity contribution in [3.05, 3.63) is 64.2 Å². The van der Waals surface area contributed by atoms with Crippen LogP contribution in [0, 0.1) is 0 Å². The van der Waals surface area contributed by atoms with Crippen LogP contribution >= 0.6 is 0 Å². The average molecular weight is 501 g/mol. The molecule has 2 saturated heterocycles. The predicted octanol–water partition coefficient (Wildman–Crippen LogP) is 4.52. The van der Waals surface area contributed by atoms with Crippen molar-refractivity contribution in [3.8, 4) is 5.75 Å². The highest BCUT2D eigenvalue weighted by atomic mass is 28.4. The van der Waals surface area contributed by atoms with E-state index >= 15 is 0 Å². The number of hydrogen-bond acceptors (Lipinski definition) is 7. The fraction of sp³-hybridized carbons (Fsp3) is 0.593. The number of fused-ring (bicyclic) bond motifs is 2. The molecule has 7 nitrogen and oxygen atoms in total. The van der Waals surface area contributed by atoms with Gasteiger partial charge in [0.25, 0.3) is 0 Å². The van der Waals surface area contributed by atoms with Crippen molar-refractivity contribution < 1.29 is 28.2 Å². The van der Waals surface area contributed by atoms with Crippen LogP contribution in [-0.2, 0) is 26.1 Å². The minimum Gasteiger partial charge on any atom is -0.496 e. The summed E-state index contributed by atoms with van der Waals surface area (Å²) in [7, 11) is -0.717. The molecule has 0 spiro atoms. The fourth-order valence-corrected chi connectivity index (χ4v) is 7.10. The maximum atomic E-state index is 12.6. The Bertz CT molecular complexity index is 1160. The van der Waals surface area contributed by atoms with Gasteiger partial charge in [0.05, 0.1) is 25.4 Å². The molecule has 1 aliphatic carbocycles. The van der Waals surface area contributed by atoms with Gasteiger partial charge in [0, 0.05) is 37.3 Å². The van der Waals surface area contributed by atoms with Crippen LogP contribution in [-0.4, -0.2) is 43.9 Å². The second kappa shape index (κ2) is 8.01. The lowest BCUT2D eigenvalue weighted by atomic mass is 9.67. The lowest BCUT2D eigenvalue weighted by Gasteiger charge is -2.55. The van der Waals surface area contributed by atoms with Gasteiger partial charge in [0.2, 0.25) is 0 Å². The molecule has 190 valence electrons. The van der Waals surface area contributed by atoms with E-state index in [-0.39, 0.29) is 24.0 Å². The Kier molecular flexibility index (Phi) is 5.66. The molecule has 8 heteroatoms. The normalized spacial score (nSPS) is 34.3. The van der Waals surface area contributed by atoms with Crippen LogP contribution in [0.3, 0.4) is 0 Å². The van der Waals surface area contributed by atoms with Gasteiger partial charge in [-0.25, -0.2) is 4.79 Å². The molecule has 1 aromatic heterocycles. The number of rotatable bonds is 6. The molecule has 35 heavy (non-hydrogen) atoms. The molecule has 1 N–H and O–H groups in total. The van der Waals surface area contributed by atoms with Crippen LogP contribution in [0.15, 0.2) is 51.7 Å². The molecule has 0 amide bonds. The van der Waals surface area contributed by atoms with Crippen LogP contribution < -0.4 is 10.4 Å². The van der Waals surface area contributed by atoms with E-state index in [0.717, 1.165) is 5.56 Å². The molecule has 5 rings (SSSR count). The molecule has 5 atom stereocenters. The molecule has 3 fully saturated rings. The first kappa shape index (κ1) is 24.7. The van der Waals surface area contributed by atoms with Gasteiger partial charge in [-0.1, -0.05) is 51.1 Å². The molecule has 1 saturated carbocycles. The number of ether oxygens (including phenoxy) is 3. The van der Waals surface area contributed by atoms with E-state index in [1.54, 1.807) is 6.07 Å². The zero-order chi connectivity index (χ0) is 25.3. The minimum atomic E-state index is -2.23. The van der Waals surface area contributed by atoms with Gasteiger partial charge in [-0.15, -0.1) is 0 Å². The molecule has 1 unspecified atom stereocenters. The van der Waals surface area contributed by atoms with Crippen molar-refractivity contribution in [1.82, 2.24) is 0 Å². The molecular formula is C27H36O7Si. The van der Waals surface area contributed by atoms with E-state index in [9.17, 15) is 9.90 Å². The minimum absolute atomic E-state index is 0.0244. The monoisotopic (exact) mass is 500 g/mol. The predicted molar refractivity (Wildman–Crippen MR) is 133 cm³/mol. The number of hydrogen-bond donors (Lipinski definition) is 1. The lowest BCUT2D eigenvalue weighted by Crippen LogP contribution is -2.67. The van der Waals surface area contributed by atoms with E-state index in [1.807, 2.05) is 30.3 Å². The molecule has 0 radical (unpaired) electrons. The number of methoxy groups -OCH3 is 1. The van der Waals surface area contributed by atoms with Crippen LogP contribution in [0.2, 0.25) is 18.1 Å². The highest BCUT2D eigenvalue weighted by Gasteiger charge is 2.75. The fourth-order valence-electron chi connectivity index (χ4n) is 5.74. The van der Waals surface area contributed by atoms with Crippen molar-refractivity contribution in [1.29, 1.82) is 0 Å². The zero-order valence-electron chi connectivity index (χ0n) is 21.4. The summed E-state index contributed by atoms with van der Waals surface area (Å²) in [5.74, 6) is -0.271. The standard InChI is InChI=1S/C27H36O7Si/c1-24(2,3)35(5,6)33-22-13-21-16-25(15-20-12-19(30-4)14-23(28)31-20)26(22,29)17-27(32-21,34-25)18-10-8-7-9-11-18/h7-12,14,21-22,29H,13,15-17H2,1-6H3/t21?,22-,25+,26-,27+/m0/s1. The molecule has 3 heterocycles. The smallest absolute Gasteiger partial charge is 0.339 e. The van der Waals surface area contributed by atoms with Gasteiger partial charge in [-0.3, -0.25) is 0 Å². The summed E-state index contributed by atoms with van der Waals surface area (Å²) in [4.78, 5) is 12.2. The summed E-state index contributed by atoms with van der Waals surface area (Å²) in [5.41, 5.74) is -2.02. The van der Waals surface area contributed by atoms with Crippen molar-refractivity contribution in [2.45, 2.75) is 93.8 Å². The summed E-state index contributed by atoms with van der Waals surface area (Å²) in [6, 6.07) is 12.8. The van der Waals surface area contributed by atoms with E-state index < -0.39 is 37.0 Å². The Labute approximate surface area is 207 Å². The Morgan fingerprint density at radius 1 is 1.17 bits per heavy atom. The third kappa shape index (κ3) is 3.90. The third-order valence-electron chi connectivity index (χ3n) is 8.52. The third-order valence-corrected chi connectivity index (χ3v) is 13.0. The Balaban J connectivity index is 1.61.